The van der Waals surface area contributed by atoms with Gasteiger partial charge in [0.15, 0.2) is 0 Å². The minimum Gasteiger partial charge on any atom is -0.481 e. The molecule has 2 atom stereocenters. The molecule has 0 spiro atoms. The quantitative estimate of drug-likeness (QED) is 0.831. The average molecular weight is 338 g/mol. The summed E-state index contributed by atoms with van der Waals surface area (Å²) >= 11 is 0. The highest BCUT2D eigenvalue weighted by Crippen LogP contribution is 2.39. The van der Waals surface area contributed by atoms with Crippen LogP contribution >= 0.6 is 0 Å². The molecule has 6 heteroatoms. The summed E-state index contributed by atoms with van der Waals surface area (Å²) in [6, 6.07) is 0. The maximum atomic E-state index is 12.9. The van der Waals surface area contributed by atoms with E-state index in [9.17, 15) is 19.5 Å². The monoisotopic (exact) mass is 338 g/mol. The molecule has 2 rings (SSSR count). The summed E-state index contributed by atoms with van der Waals surface area (Å²) in [7, 11) is 0. The highest BCUT2D eigenvalue weighted by molar-refractivity contribution is 5.83. The van der Waals surface area contributed by atoms with Crippen LogP contribution < -0.4 is 0 Å². The lowest BCUT2D eigenvalue weighted by molar-refractivity contribution is -0.151. The van der Waals surface area contributed by atoms with E-state index in [1.165, 1.54) is 0 Å². The van der Waals surface area contributed by atoms with Crippen LogP contribution in [0.25, 0.3) is 0 Å². The van der Waals surface area contributed by atoms with E-state index in [0.717, 1.165) is 25.8 Å². The van der Waals surface area contributed by atoms with Crippen LogP contribution in [0.4, 0.5) is 0 Å². The van der Waals surface area contributed by atoms with Crippen LogP contribution in [0, 0.1) is 17.3 Å². The number of carboxylic acids is 1. The fraction of sp³-hybridized carbons (Fsp3) is 0.833. The molecule has 6 nitrogen and oxygen atoms in total. The van der Waals surface area contributed by atoms with Crippen molar-refractivity contribution in [2.45, 2.75) is 52.9 Å². The maximum absolute atomic E-state index is 12.9. The first kappa shape index (κ1) is 18.7. The van der Waals surface area contributed by atoms with Crippen molar-refractivity contribution >= 4 is 17.8 Å². The van der Waals surface area contributed by atoms with Gasteiger partial charge in [-0.2, -0.15) is 0 Å². The first-order chi connectivity index (χ1) is 11.3. The van der Waals surface area contributed by atoms with Crippen molar-refractivity contribution < 1.29 is 19.5 Å². The Labute approximate surface area is 144 Å². The number of likely N-dealkylation sites (tertiary alicyclic amines) is 2. The molecule has 0 aliphatic carbocycles. The van der Waals surface area contributed by atoms with Crippen LogP contribution in [0.2, 0.25) is 0 Å². The molecular weight excluding hydrogens is 308 g/mol. The third-order valence-electron chi connectivity index (χ3n) is 5.73. The van der Waals surface area contributed by atoms with E-state index in [2.05, 4.69) is 0 Å². The van der Waals surface area contributed by atoms with Crippen molar-refractivity contribution in [1.29, 1.82) is 0 Å². The van der Waals surface area contributed by atoms with Crippen LogP contribution in [0.3, 0.4) is 0 Å². The van der Waals surface area contributed by atoms with Crippen LogP contribution in [0.5, 0.6) is 0 Å². The Kier molecular flexibility index (Phi) is 5.88. The summed E-state index contributed by atoms with van der Waals surface area (Å²) < 4.78 is 0. The summed E-state index contributed by atoms with van der Waals surface area (Å²) in [6.45, 7) is 7.80. The van der Waals surface area contributed by atoms with Crippen molar-refractivity contribution in [2.75, 3.05) is 26.2 Å². The number of carboxylic acid groups (broad SMARTS) is 1. The lowest BCUT2D eigenvalue weighted by Crippen LogP contribution is -2.47. The molecule has 2 amide bonds. The third-order valence-corrected chi connectivity index (χ3v) is 5.73. The molecule has 2 fully saturated rings. The van der Waals surface area contributed by atoms with Crippen molar-refractivity contribution in [1.82, 2.24) is 9.80 Å². The maximum Gasteiger partial charge on any atom is 0.311 e. The van der Waals surface area contributed by atoms with Gasteiger partial charge in [0.2, 0.25) is 11.8 Å². The zero-order valence-electron chi connectivity index (χ0n) is 15.1. The second kappa shape index (κ2) is 7.53. The molecule has 1 N–H and O–H groups in total. The molecule has 0 bridgehead atoms. The molecule has 0 saturated carbocycles. The molecule has 2 heterocycles. The Morgan fingerprint density at radius 1 is 1.21 bits per heavy atom. The Bertz CT molecular complexity index is 505. The highest BCUT2D eigenvalue weighted by atomic mass is 16.4. The van der Waals surface area contributed by atoms with Gasteiger partial charge in [-0.25, -0.2) is 0 Å². The normalized spacial score (nSPS) is 27.6. The molecule has 0 aromatic rings. The summed E-state index contributed by atoms with van der Waals surface area (Å²) in [4.78, 5) is 40.2. The van der Waals surface area contributed by atoms with Crippen LogP contribution in [0.15, 0.2) is 0 Å². The fourth-order valence-electron chi connectivity index (χ4n) is 3.95. The zero-order chi connectivity index (χ0) is 17.9. The number of carbonyl (C=O) groups is 3. The number of piperidine rings is 1. The molecule has 0 aromatic carbocycles. The summed E-state index contributed by atoms with van der Waals surface area (Å²) in [5.74, 6) is -0.861. The average Bonchev–Trinajstić information content (AvgIpc) is 3.01. The van der Waals surface area contributed by atoms with Crippen molar-refractivity contribution in [3.63, 3.8) is 0 Å². The number of hydrogen-bond donors (Lipinski definition) is 1. The molecule has 0 radical (unpaired) electrons. The van der Waals surface area contributed by atoms with Gasteiger partial charge in [0.25, 0.3) is 0 Å². The summed E-state index contributed by atoms with van der Waals surface area (Å²) in [5.41, 5.74) is -0.831. The van der Waals surface area contributed by atoms with E-state index in [0.29, 0.717) is 25.9 Å². The second-order valence-electron chi connectivity index (χ2n) is 7.55. The number of aliphatic carboxylic acids is 1. The van der Waals surface area contributed by atoms with Crippen LogP contribution in [-0.2, 0) is 14.4 Å². The number of rotatable bonds is 5. The molecule has 0 aromatic heterocycles. The van der Waals surface area contributed by atoms with E-state index < -0.39 is 11.4 Å². The zero-order valence-corrected chi connectivity index (χ0v) is 15.1. The highest BCUT2D eigenvalue weighted by Gasteiger charge is 2.49. The van der Waals surface area contributed by atoms with E-state index >= 15 is 0 Å². The number of nitrogens with zero attached hydrogens (tertiary/aromatic N) is 2. The van der Waals surface area contributed by atoms with Gasteiger partial charge in [-0.05, 0) is 31.6 Å². The van der Waals surface area contributed by atoms with Crippen molar-refractivity contribution in [3.05, 3.63) is 0 Å². The first-order valence-corrected chi connectivity index (χ1v) is 9.11. The molecule has 0 unspecified atom stereocenters. The Hall–Kier alpha value is -1.59. The fourth-order valence-corrected chi connectivity index (χ4v) is 3.95. The van der Waals surface area contributed by atoms with Gasteiger partial charge in [-0.3, -0.25) is 14.4 Å². The van der Waals surface area contributed by atoms with Gasteiger partial charge in [0.05, 0.1) is 11.3 Å². The largest absolute Gasteiger partial charge is 0.481 e. The molecule has 136 valence electrons. The number of carbonyl (C=O) groups excluding carboxylic acids is 2. The Morgan fingerprint density at radius 3 is 2.46 bits per heavy atom. The van der Waals surface area contributed by atoms with Gasteiger partial charge >= 0.3 is 5.97 Å². The van der Waals surface area contributed by atoms with E-state index in [4.69, 9.17) is 0 Å². The summed E-state index contributed by atoms with van der Waals surface area (Å²) in [5, 5.41) is 9.63. The predicted octanol–water partition coefficient (Wildman–Crippen LogP) is 1.98. The van der Waals surface area contributed by atoms with Gasteiger partial charge in [0, 0.05) is 32.6 Å². The van der Waals surface area contributed by atoms with Crippen molar-refractivity contribution in [2.24, 2.45) is 17.3 Å². The topological polar surface area (TPSA) is 77.9 Å². The van der Waals surface area contributed by atoms with Gasteiger partial charge in [-0.15, -0.1) is 0 Å². The van der Waals surface area contributed by atoms with Gasteiger partial charge < -0.3 is 14.9 Å². The lowest BCUT2D eigenvalue weighted by atomic mass is 9.76. The smallest absolute Gasteiger partial charge is 0.311 e. The number of amides is 2. The Morgan fingerprint density at radius 2 is 1.92 bits per heavy atom. The molecule has 24 heavy (non-hydrogen) atoms. The minimum absolute atomic E-state index is 0.0122. The SMILES string of the molecule is CCCC(=O)N1CCC[C@@H](C(=O)N2CC[C@](C(=O)O)(C(C)C)C2)C1. The van der Waals surface area contributed by atoms with E-state index in [1.54, 1.807) is 9.80 Å². The van der Waals surface area contributed by atoms with Crippen molar-refractivity contribution in [3.8, 4) is 0 Å². The first-order valence-electron chi connectivity index (χ1n) is 9.11. The van der Waals surface area contributed by atoms with E-state index in [-0.39, 0.29) is 30.2 Å². The minimum atomic E-state index is -0.831. The number of hydrogen-bond acceptors (Lipinski definition) is 3. The lowest BCUT2D eigenvalue weighted by Gasteiger charge is -2.35. The van der Waals surface area contributed by atoms with Crippen LogP contribution in [0.1, 0.15) is 52.9 Å². The molecule has 2 saturated heterocycles. The summed E-state index contributed by atoms with van der Waals surface area (Å²) in [6.07, 6.45) is 3.48. The third kappa shape index (κ3) is 3.57. The second-order valence-corrected chi connectivity index (χ2v) is 7.55. The van der Waals surface area contributed by atoms with E-state index in [1.807, 2.05) is 20.8 Å². The van der Waals surface area contributed by atoms with Crippen LogP contribution in [-0.4, -0.2) is 58.9 Å². The van der Waals surface area contributed by atoms with Gasteiger partial charge in [-0.1, -0.05) is 20.8 Å². The van der Waals surface area contributed by atoms with Gasteiger partial charge in [0.1, 0.15) is 0 Å². The predicted molar refractivity (Wildman–Crippen MR) is 90.3 cm³/mol. The Balaban J connectivity index is 2.02. The molecular formula is C18H30N2O4. The molecule has 2 aliphatic rings. The molecule has 2 aliphatic heterocycles. The standard InChI is InChI=1S/C18H30N2O4/c1-4-6-15(21)19-9-5-7-14(11-19)16(22)20-10-8-18(12-20,13(2)3)17(23)24/h13-14H,4-12H2,1-3H3,(H,23,24)/t14-,18-/m1/s1.